The molecular weight excluding hydrogens is 354 g/mol. The lowest BCUT2D eigenvalue weighted by atomic mass is 10.0. The number of carboxylic acid groups (broad SMARTS) is 1. The van der Waals surface area contributed by atoms with Crippen molar-refractivity contribution in [3.63, 3.8) is 0 Å². The standard InChI is InChI=1S/C19H23NO5S/c1-12(2)20-26(23,24)18-10-16(9-17(11-18)19(21)22)15-7-5-14(6-8-15)13(3)25-4/h5-13,20H,1-4H3,(H,21,22)/t13-/m0/s1. The third kappa shape index (κ3) is 4.69. The molecule has 7 heteroatoms. The van der Waals surface area contributed by atoms with Crippen LogP contribution in [0.1, 0.15) is 42.8 Å². The molecule has 140 valence electrons. The van der Waals surface area contributed by atoms with E-state index in [9.17, 15) is 18.3 Å². The molecule has 2 aromatic carbocycles. The first-order valence-corrected chi connectivity index (χ1v) is 9.66. The molecule has 6 nitrogen and oxygen atoms in total. The number of benzene rings is 2. The summed E-state index contributed by atoms with van der Waals surface area (Å²) in [7, 11) is -2.19. The van der Waals surface area contributed by atoms with Gasteiger partial charge >= 0.3 is 5.97 Å². The van der Waals surface area contributed by atoms with Crippen LogP contribution in [0.2, 0.25) is 0 Å². The molecule has 26 heavy (non-hydrogen) atoms. The lowest BCUT2D eigenvalue weighted by Crippen LogP contribution is -2.30. The Labute approximate surface area is 153 Å². The second kappa shape index (κ2) is 7.99. The van der Waals surface area contributed by atoms with Crippen molar-refractivity contribution in [3.8, 4) is 11.1 Å². The molecule has 0 amide bonds. The molecule has 0 unspecified atom stereocenters. The molecule has 2 N–H and O–H groups in total. The van der Waals surface area contributed by atoms with Crippen molar-refractivity contribution in [3.05, 3.63) is 53.6 Å². The van der Waals surface area contributed by atoms with Gasteiger partial charge in [0.05, 0.1) is 16.6 Å². The van der Waals surface area contributed by atoms with Gasteiger partial charge in [0.15, 0.2) is 0 Å². The van der Waals surface area contributed by atoms with Crippen LogP contribution >= 0.6 is 0 Å². The summed E-state index contributed by atoms with van der Waals surface area (Å²) >= 11 is 0. The third-order valence-electron chi connectivity index (χ3n) is 3.92. The SMILES string of the molecule is CO[C@@H](C)c1ccc(-c2cc(C(=O)O)cc(S(=O)(=O)NC(C)C)c2)cc1. The minimum Gasteiger partial charge on any atom is -0.478 e. The van der Waals surface area contributed by atoms with Crippen molar-refractivity contribution in [1.29, 1.82) is 0 Å². The third-order valence-corrected chi connectivity index (χ3v) is 5.56. The molecule has 0 radical (unpaired) electrons. The maximum Gasteiger partial charge on any atom is 0.335 e. The highest BCUT2D eigenvalue weighted by Gasteiger charge is 2.19. The molecular formula is C19H23NO5S. The van der Waals surface area contributed by atoms with Gasteiger partial charge in [-0.3, -0.25) is 0 Å². The van der Waals surface area contributed by atoms with E-state index in [1.54, 1.807) is 21.0 Å². The first-order valence-electron chi connectivity index (χ1n) is 8.18. The van der Waals surface area contributed by atoms with Crippen molar-refractivity contribution in [2.45, 2.75) is 37.8 Å². The molecule has 2 aromatic rings. The van der Waals surface area contributed by atoms with Crippen molar-refractivity contribution < 1.29 is 23.1 Å². The average molecular weight is 377 g/mol. The topological polar surface area (TPSA) is 92.7 Å². The second-order valence-electron chi connectivity index (χ2n) is 6.33. The Morgan fingerprint density at radius 2 is 1.65 bits per heavy atom. The van der Waals surface area contributed by atoms with Crippen molar-refractivity contribution in [2.24, 2.45) is 0 Å². The summed E-state index contributed by atoms with van der Waals surface area (Å²) in [5.41, 5.74) is 2.13. The fourth-order valence-corrected chi connectivity index (χ4v) is 3.83. The van der Waals surface area contributed by atoms with Gasteiger partial charge in [0.1, 0.15) is 0 Å². The highest BCUT2D eigenvalue weighted by Crippen LogP contribution is 2.27. The Morgan fingerprint density at radius 1 is 1.04 bits per heavy atom. The maximum absolute atomic E-state index is 12.5. The summed E-state index contributed by atoms with van der Waals surface area (Å²) in [5, 5.41) is 9.35. The Morgan fingerprint density at radius 3 is 2.15 bits per heavy atom. The molecule has 2 rings (SSSR count). The van der Waals surface area contributed by atoms with Gasteiger partial charge in [0.25, 0.3) is 0 Å². The van der Waals surface area contributed by atoms with Crippen LogP contribution in [0.3, 0.4) is 0 Å². The molecule has 1 atom stereocenters. The Balaban J connectivity index is 2.53. The number of hydrogen-bond donors (Lipinski definition) is 2. The highest BCUT2D eigenvalue weighted by atomic mass is 32.2. The lowest BCUT2D eigenvalue weighted by molar-refractivity contribution is 0.0696. The zero-order valence-corrected chi connectivity index (χ0v) is 16.0. The predicted octanol–water partition coefficient (Wildman–Crippen LogP) is 3.45. The number of rotatable bonds is 7. The summed E-state index contributed by atoms with van der Waals surface area (Å²) in [4.78, 5) is 11.4. The van der Waals surface area contributed by atoms with Gasteiger partial charge in [-0.25, -0.2) is 17.9 Å². The summed E-state index contributed by atoms with van der Waals surface area (Å²) < 4.78 is 32.7. The smallest absolute Gasteiger partial charge is 0.335 e. The van der Waals surface area contributed by atoms with Gasteiger partial charge < -0.3 is 9.84 Å². The molecule has 0 aliphatic carbocycles. The van der Waals surface area contributed by atoms with Crippen LogP contribution in [0.5, 0.6) is 0 Å². The van der Waals surface area contributed by atoms with E-state index in [-0.39, 0.29) is 22.6 Å². The fraction of sp³-hybridized carbons (Fsp3) is 0.316. The average Bonchev–Trinajstić information content (AvgIpc) is 2.59. The molecule has 0 fully saturated rings. The molecule has 0 spiro atoms. The van der Waals surface area contributed by atoms with Crippen LogP contribution in [0.15, 0.2) is 47.4 Å². The maximum atomic E-state index is 12.5. The number of hydrogen-bond acceptors (Lipinski definition) is 4. The number of sulfonamides is 1. The molecule has 0 saturated carbocycles. The number of carbonyl (C=O) groups is 1. The lowest BCUT2D eigenvalue weighted by Gasteiger charge is -2.13. The van der Waals surface area contributed by atoms with Crippen LogP contribution in [-0.4, -0.2) is 32.6 Å². The highest BCUT2D eigenvalue weighted by molar-refractivity contribution is 7.89. The second-order valence-corrected chi connectivity index (χ2v) is 8.04. The minimum absolute atomic E-state index is 0.0689. The summed E-state index contributed by atoms with van der Waals surface area (Å²) in [6.07, 6.45) is -0.0689. The van der Waals surface area contributed by atoms with Crippen molar-refractivity contribution >= 4 is 16.0 Å². The Bertz CT molecular complexity index is 889. The van der Waals surface area contributed by atoms with Gasteiger partial charge in [0, 0.05) is 13.2 Å². The minimum atomic E-state index is -3.80. The van der Waals surface area contributed by atoms with E-state index in [1.165, 1.54) is 12.1 Å². The number of aromatic carboxylic acids is 1. The molecule has 0 heterocycles. The normalized spacial score (nSPS) is 13.0. The number of carboxylic acids is 1. The van der Waals surface area contributed by atoms with E-state index in [4.69, 9.17) is 4.74 Å². The van der Waals surface area contributed by atoms with E-state index in [2.05, 4.69) is 4.72 Å². The zero-order valence-electron chi connectivity index (χ0n) is 15.2. The molecule has 0 aliphatic heterocycles. The van der Waals surface area contributed by atoms with Crippen LogP contribution in [0.4, 0.5) is 0 Å². The van der Waals surface area contributed by atoms with Crippen LogP contribution < -0.4 is 4.72 Å². The van der Waals surface area contributed by atoms with Gasteiger partial charge in [-0.05, 0) is 55.7 Å². The molecule has 0 saturated heterocycles. The van der Waals surface area contributed by atoms with E-state index in [1.807, 2.05) is 31.2 Å². The van der Waals surface area contributed by atoms with E-state index >= 15 is 0 Å². The summed E-state index contributed by atoms with van der Waals surface area (Å²) in [6, 6.07) is 11.2. The van der Waals surface area contributed by atoms with Crippen LogP contribution in [-0.2, 0) is 14.8 Å². The quantitative estimate of drug-likeness (QED) is 0.771. The van der Waals surface area contributed by atoms with Gasteiger partial charge in [-0.15, -0.1) is 0 Å². The predicted molar refractivity (Wildman–Crippen MR) is 99.7 cm³/mol. The summed E-state index contributed by atoms with van der Waals surface area (Å²) in [5.74, 6) is -1.18. The van der Waals surface area contributed by atoms with Crippen molar-refractivity contribution in [2.75, 3.05) is 7.11 Å². The number of nitrogens with one attached hydrogen (secondary N) is 1. The van der Waals surface area contributed by atoms with E-state index < -0.39 is 16.0 Å². The summed E-state index contributed by atoms with van der Waals surface area (Å²) in [6.45, 7) is 5.33. The fourth-order valence-electron chi connectivity index (χ4n) is 2.51. The zero-order chi connectivity index (χ0) is 19.5. The van der Waals surface area contributed by atoms with Gasteiger partial charge in [-0.1, -0.05) is 24.3 Å². The molecule has 0 aromatic heterocycles. The van der Waals surface area contributed by atoms with Gasteiger partial charge in [0.2, 0.25) is 10.0 Å². The van der Waals surface area contributed by atoms with Crippen molar-refractivity contribution in [1.82, 2.24) is 4.72 Å². The first kappa shape index (κ1) is 20.1. The van der Waals surface area contributed by atoms with Crippen LogP contribution in [0, 0.1) is 0 Å². The number of ether oxygens (including phenoxy) is 1. The molecule has 0 bridgehead atoms. The molecule has 0 aliphatic rings. The largest absolute Gasteiger partial charge is 0.478 e. The first-order chi connectivity index (χ1) is 12.1. The van der Waals surface area contributed by atoms with E-state index in [0.29, 0.717) is 5.56 Å². The number of methoxy groups -OCH3 is 1. The van der Waals surface area contributed by atoms with Gasteiger partial charge in [-0.2, -0.15) is 0 Å². The van der Waals surface area contributed by atoms with E-state index in [0.717, 1.165) is 17.2 Å². The Hall–Kier alpha value is -2.22. The van der Waals surface area contributed by atoms with Crippen LogP contribution in [0.25, 0.3) is 11.1 Å². The Kier molecular flexibility index (Phi) is 6.17. The monoisotopic (exact) mass is 377 g/mol.